The van der Waals surface area contributed by atoms with Gasteiger partial charge in [-0.05, 0) is 49.8 Å². The fourth-order valence-electron chi connectivity index (χ4n) is 3.76. The van der Waals surface area contributed by atoms with Crippen LogP contribution in [0.3, 0.4) is 0 Å². The van der Waals surface area contributed by atoms with Gasteiger partial charge in [-0.2, -0.15) is 0 Å². The quantitative estimate of drug-likeness (QED) is 0.472. The summed E-state index contributed by atoms with van der Waals surface area (Å²) in [6.07, 6.45) is 6.53. The molecule has 1 aromatic heterocycles. The van der Waals surface area contributed by atoms with Crippen LogP contribution in [-0.2, 0) is 17.9 Å². The molecule has 1 saturated carbocycles. The molecule has 0 radical (unpaired) electrons. The number of thioether (sulfide) groups is 1. The van der Waals surface area contributed by atoms with Gasteiger partial charge in [-0.25, -0.2) is 0 Å². The summed E-state index contributed by atoms with van der Waals surface area (Å²) in [5, 5.41) is 12.5. The largest absolute Gasteiger partial charge is 0.485 e. The van der Waals surface area contributed by atoms with Crippen LogP contribution in [-0.4, -0.2) is 32.5 Å². The van der Waals surface area contributed by atoms with Gasteiger partial charge in [0.15, 0.2) is 11.0 Å². The van der Waals surface area contributed by atoms with Gasteiger partial charge >= 0.3 is 0 Å². The van der Waals surface area contributed by atoms with Gasteiger partial charge in [-0.1, -0.05) is 49.7 Å². The zero-order valence-electron chi connectivity index (χ0n) is 18.2. The van der Waals surface area contributed by atoms with Crippen LogP contribution in [0, 0.1) is 19.8 Å². The fraction of sp³-hybridized carbons (Fsp3) is 0.522. The molecule has 1 N–H and O–H groups in total. The monoisotopic (exact) mass is 428 g/mol. The van der Waals surface area contributed by atoms with Crippen molar-refractivity contribution >= 4 is 17.7 Å². The molecule has 1 heterocycles. The topological polar surface area (TPSA) is 69.0 Å². The van der Waals surface area contributed by atoms with Crippen molar-refractivity contribution in [2.75, 3.05) is 5.75 Å². The SMILES string of the molecule is C=CCn1c(COc2cc(C)ccc2C)nnc1SCC(=O)N[C@@H]1CCCC[C@@H]1C. The normalized spacial score (nSPS) is 18.8. The van der Waals surface area contributed by atoms with Crippen molar-refractivity contribution < 1.29 is 9.53 Å². The Morgan fingerprint density at radius 2 is 2.13 bits per heavy atom. The van der Waals surface area contributed by atoms with Gasteiger partial charge < -0.3 is 10.1 Å². The highest BCUT2D eigenvalue weighted by atomic mass is 32.2. The predicted octanol–water partition coefficient (Wildman–Crippen LogP) is 4.45. The maximum absolute atomic E-state index is 12.5. The van der Waals surface area contributed by atoms with E-state index in [1.54, 1.807) is 6.08 Å². The number of nitrogens with zero attached hydrogens (tertiary/aromatic N) is 3. The number of amides is 1. The third kappa shape index (κ3) is 5.88. The van der Waals surface area contributed by atoms with E-state index < -0.39 is 0 Å². The molecule has 1 aliphatic rings. The molecule has 3 rings (SSSR count). The van der Waals surface area contributed by atoms with Crippen LogP contribution < -0.4 is 10.1 Å². The second-order valence-electron chi connectivity index (χ2n) is 8.08. The number of carbonyl (C=O) groups excluding carboxylic acids is 1. The Labute approximate surface area is 183 Å². The molecular formula is C23H32N4O2S. The number of benzene rings is 1. The molecule has 2 atom stereocenters. The van der Waals surface area contributed by atoms with E-state index in [2.05, 4.69) is 35.1 Å². The molecule has 0 saturated heterocycles. The highest BCUT2D eigenvalue weighted by Crippen LogP contribution is 2.25. The summed E-state index contributed by atoms with van der Waals surface area (Å²) in [5.74, 6) is 2.50. The van der Waals surface area contributed by atoms with E-state index in [-0.39, 0.29) is 5.91 Å². The van der Waals surface area contributed by atoms with Gasteiger partial charge in [-0.3, -0.25) is 9.36 Å². The summed E-state index contributed by atoms with van der Waals surface area (Å²) in [5.41, 5.74) is 2.23. The average Bonchev–Trinajstić information content (AvgIpc) is 3.11. The number of aryl methyl sites for hydroxylation is 2. The van der Waals surface area contributed by atoms with Crippen LogP contribution in [0.15, 0.2) is 36.0 Å². The van der Waals surface area contributed by atoms with E-state index in [1.165, 1.54) is 31.0 Å². The number of rotatable bonds is 9. The van der Waals surface area contributed by atoms with Gasteiger partial charge in [0.1, 0.15) is 12.4 Å². The van der Waals surface area contributed by atoms with E-state index in [9.17, 15) is 4.79 Å². The van der Waals surface area contributed by atoms with Crippen molar-refractivity contribution in [3.05, 3.63) is 47.8 Å². The number of ether oxygens (including phenoxy) is 1. The van der Waals surface area contributed by atoms with Crippen molar-refractivity contribution in [1.29, 1.82) is 0 Å². The third-order valence-electron chi connectivity index (χ3n) is 5.60. The molecule has 1 aromatic carbocycles. The standard InChI is InChI=1S/C23H32N4O2S/c1-5-12-27-21(14-29-20-13-16(2)10-11-18(20)4)25-26-23(27)30-15-22(28)24-19-9-7-6-8-17(19)3/h5,10-11,13,17,19H,1,6-9,12,14-15H2,2-4H3,(H,24,28)/t17-,19+/m0/s1. The Balaban J connectivity index is 1.60. The first kappa shape index (κ1) is 22.4. The van der Waals surface area contributed by atoms with E-state index in [4.69, 9.17) is 4.74 Å². The highest BCUT2D eigenvalue weighted by molar-refractivity contribution is 7.99. The van der Waals surface area contributed by atoms with Gasteiger partial charge in [0.2, 0.25) is 5.91 Å². The van der Waals surface area contributed by atoms with E-state index in [0.717, 1.165) is 29.1 Å². The van der Waals surface area contributed by atoms with E-state index in [1.807, 2.05) is 30.5 Å². The van der Waals surface area contributed by atoms with Crippen LogP contribution >= 0.6 is 11.8 Å². The summed E-state index contributed by atoms with van der Waals surface area (Å²) < 4.78 is 7.95. The predicted molar refractivity (Wildman–Crippen MR) is 121 cm³/mol. The van der Waals surface area contributed by atoms with Crippen molar-refractivity contribution in [2.45, 2.75) is 70.8 Å². The van der Waals surface area contributed by atoms with Gasteiger partial charge in [-0.15, -0.1) is 16.8 Å². The zero-order chi connectivity index (χ0) is 21.5. The molecule has 1 aliphatic carbocycles. The van der Waals surface area contributed by atoms with Crippen LogP contribution in [0.4, 0.5) is 0 Å². The minimum atomic E-state index is 0.0556. The Hall–Kier alpha value is -2.28. The number of aromatic nitrogens is 3. The first-order chi connectivity index (χ1) is 14.5. The molecular weight excluding hydrogens is 396 g/mol. The Kier molecular flexibility index (Phi) is 7.96. The molecule has 7 heteroatoms. The zero-order valence-corrected chi connectivity index (χ0v) is 19.0. The van der Waals surface area contributed by atoms with Crippen LogP contribution in [0.5, 0.6) is 5.75 Å². The number of allylic oxidation sites excluding steroid dienone is 1. The lowest BCUT2D eigenvalue weighted by molar-refractivity contribution is -0.119. The smallest absolute Gasteiger partial charge is 0.230 e. The highest BCUT2D eigenvalue weighted by Gasteiger charge is 2.23. The average molecular weight is 429 g/mol. The molecule has 2 aromatic rings. The third-order valence-corrected chi connectivity index (χ3v) is 6.56. The maximum Gasteiger partial charge on any atom is 0.230 e. The lowest BCUT2D eigenvalue weighted by Gasteiger charge is -2.29. The number of hydrogen-bond donors (Lipinski definition) is 1. The number of hydrogen-bond acceptors (Lipinski definition) is 5. The van der Waals surface area contributed by atoms with Crippen LogP contribution in [0.1, 0.15) is 49.6 Å². The van der Waals surface area contributed by atoms with Crippen molar-refractivity contribution in [2.24, 2.45) is 5.92 Å². The minimum Gasteiger partial charge on any atom is -0.485 e. The fourth-order valence-corrected chi connectivity index (χ4v) is 4.54. The molecule has 6 nitrogen and oxygen atoms in total. The van der Waals surface area contributed by atoms with Gasteiger partial charge in [0, 0.05) is 12.6 Å². The van der Waals surface area contributed by atoms with Gasteiger partial charge in [0.05, 0.1) is 5.75 Å². The van der Waals surface area contributed by atoms with Crippen LogP contribution in [0.2, 0.25) is 0 Å². The second-order valence-corrected chi connectivity index (χ2v) is 9.02. The number of nitrogens with one attached hydrogen (secondary N) is 1. The summed E-state index contributed by atoms with van der Waals surface area (Å²) in [4.78, 5) is 12.5. The van der Waals surface area contributed by atoms with Crippen molar-refractivity contribution in [3.63, 3.8) is 0 Å². The van der Waals surface area contributed by atoms with Crippen molar-refractivity contribution in [3.8, 4) is 5.75 Å². The molecule has 1 amide bonds. The van der Waals surface area contributed by atoms with Crippen LogP contribution in [0.25, 0.3) is 0 Å². The van der Waals surface area contributed by atoms with Crippen molar-refractivity contribution in [1.82, 2.24) is 20.1 Å². The Morgan fingerprint density at radius 3 is 2.90 bits per heavy atom. The molecule has 162 valence electrons. The molecule has 0 aliphatic heterocycles. The second kappa shape index (κ2) is 10.7. The lowest BCUT2D eigenvalue weighted by atomic mass is 9.86. The maximum atomic E-state index is 12.5. The Morgan fingerprint density at radius 1 is 1.33 bits per heavy atom. The summed E-state index contributed by atoms with van der Waals surface area (Å²) in [6.45, 7) is 11.0. The molecule has 0 spiro atoms. The van der Waals surface area contributed by atoms with E-state index in [0.29, 0.717) is 36.0 Å². The van der Waals surface area contributed by atoms with Gasteiger partial charge in [0.25, 0.3) is 0 Å². The number of carbonyl (C=O) groups is 1. The molecule has 1 fully saturated rings. The minimum absolute atomic E-state index is 0.0556. The first-order valence-electron chi connectivity index (χ1n) is 10.6. The first-order valence-corrected chi connectivity index (χ1v) is 11.6. The molecule has 0 unspecified atom stereocenters. The summed E-state index contributed by atoms with van der Waals surface area (Å²) >= 11 is 1.41. The lowest BCUT2D eigenvalue weighted by Crippen LogP contribution is -2.41. The molecule has 0 bridgehead atoms. The summed E-state index contributed by atoms with van der Waals surface area (Å²) in [7, 11) is 0. The molecule has 30 heavy (non-hydrogen) atoms. The van der Waals surface area contributed by atoms with E-state index >= 15 is 0 Å². The summed E-state index contributed by atoms with van der Waals surface area (Å²) in [6, 6.07) is 6.43. The Bertz CT molecular complexity index is 880.